The molecule has 2 amide bonds. The van der Waals surface area contributed by atoms with E-state index in [1.807, 2.05) is 10.8 Å². The van der Waals surface area contributed by atoms with E-state index in [9.17, 15) is 9.59 Å². The Balaban J connectivity index is 1.91. The normalized spacial score (nSPS) is 12.0. The van der Waals surface area contributed by atoms with Gasteiger partial charge in [0, 0.05) is 49.2 Å². The first-order valence-electron chi connectivity index (χ1n) is 8.84. The molecule has 1 heterocycles. The molecule has 0 aliphatic rings. The zero-order valence-electron chi connectivity index (χ0n) is 15.3. The van der Waals surface area contributed by atoms with Gasteiger partial charge in [-0.15, -0.1) is 0 Å². The summed E-state index contributed by atoms with van der Waals surface area (Å²) in [5.74, 6) is 0.150. The van der Waals surface area contributed by atoms with E-state index in [-0.39, 0.29) is 17.9 Å². The maximum Gasteiger partial charge on any atom is 0.251 e. The summed E-state index contributed by atoms with van der Waals surface area (Å²) >= 11 is 0. The Morgan fingerprint density at radius 3 is 2.77 bits per heavy atom. The van der Waals surface area contributed by atoms with Crippen molar-refractivity contribution < 1.29 is 9.59 Å². The molecule has 0 spiro atoms. The van der Waals surface area contributed by atoms with Gasteiger partial charge in [0.2, 0.25) is 5.91 Å². The molecular weight excluding hydrogens is 330 g/mol. The molecular formula is C19H27N5O2. The zero-order chi connectivity index (χ0) is 18.9. The molecule has 7 nitrogen and oxygen atoms in total. The highest BCUT2D eigenvalue weighted by Gasteiger charge is 2.14. The topological polar surface area (TPSA) is 102 Å². The van der Waals surface area contributed by atoms with Crippen LogP contribution < -0.4 is 16.4 Å². The quantitative estimate of drug-likeness (QED) is 0.639. The maximum atomic E-state index is 12.4. The fourth-order valence-electron chi connectivity index (χ4n) is 2.66. The third kappa shape index (κ3) is 6.33. The summed E-state index contributed by atoms with van der Waals surface area (Å²) in [6.45, 7) is 5.14. The highest BCUT2D eigenvalue weighted by atomic mass is 16.2. The molecule has 0 radical (unpaired) electrons. The van der Waals surface area contributed by atoms with E-state index >= 15 is 0 Å². The molecule has 2 rings (SSSR count). The lowest BCUT2D eigenvalue weighted by Crippen LogP contribution is -2.41. The number of aryl methyl sites for hydroxylation is 1. The summed E-state index contributed by atoms with van der Waals surface area (Å²) in [6, 6.07) is 6.85. The molecule has 0 fully saturated rings. The molecule has 1 unspecified atom stereocenters. The van der Waals surface area contributed by atoms with Gasteiger partial charge in [-0.3, -0.25) is 9.59 Å². The first-order valence-corrected chi connectivity index (χ1v) is 8.84. The van der Waals surface area contributed by atoms with Gasteiger partial charge in [0.05, 0.1) is 6.33 Å². The second kappa shape index (κ2) is 9.72. The summed E-state index contributed by atoms with van der Waals surface area (Å²) < 4.78 is 1.84. The average Bonchev–Trinajstić information content (AvgIpc) is 3.12. The molecule has 0 saturated heterocycles. The first kappa shape index (κ1) is 19.7. The Morgan fingerprint density at radius 1 is 1.31 bits per heavy atom. The van der Waals surface area contributed by atoms with Gasteiger partial charge >= 0.3 is 0 Å². The Morgan fingerprint density at radius 2 is 2.12 bits per heavy atom. The van der Waals surface area contributed by atoms with Crippen LogP contribution in [0.2, 0.25) is 0 Å². The molecule has 2 aromatic rings. The monoisotopic (exact) mass is 357 g/mol. The fraction of sp³-hybridized carbons (Fsp3) is 0.421. The summed E-state index contributed by atoms with van der Waals surface area (Å²) in [7, 11) is 0. The molecule has 1 aromatic carbocycles. The third-order valence-corrected chi connectivity index (χ3v) is 3.94. The molecule has 7 heteroatoms. The fourth-order valence-corrected chi connectivity index (χ4v) is 2.66. The van der Waals surface area contributed by atoms with E-state index < -0.39 is 0 Å². The lowest BCUT2D eigenvalue weighted by atomic mass is 10.0. The number of rotatable bonds is 9. The standard InChI is InChI=1S/C19H27N5O2/c1-14(2)10-17(12-20)23-19(26)15-4-3-5-16(11-15)22-18(25)6-8-24-9-7-21-13-24/h3-5,7,9,11,13-14,17H,6,8,10,12,20H2,1-2H3,(H,22,25)(H,23,26). The SMILES string of the molecule is CC(C)CC(CN)NC(=O)c1cccc(NC(=O)CCn2ccnc2)c1. The predicted octanol–water partition coefficient (Wildman–Crippen LogP) is 2.02. The van der Waals surface area contributed by atoms with E-state index in [1.165, 1.54) is 0 Å². The van der Waals surface area contributed by atoms with E-state index in [2.05, 4.69) is 29.5 Å². The number of aromatic nitrogens is 2. The van der Waals surface area contributed by atoms with Crippen molar-refractivity contribution in [3.05, 3.63) is 48.5 Å². The van der Waals surface area contributed by atoms with Crippen molar-refractivity contribution in [2.24, 2.45) is 11.7 Å². The number of nitrogens with two attached hydrogens (primary N) is 1. The minimum atomic E-state index is -0.185. The van der Waals surface area contributed by atoms with Crippen LogP contribution in [0.1, 0.15) is 37.0 Å². The maximum absolute atomic E-state index is 12.4. The third-order valence-electron chi connectivity index (χ3n) is 3.94. The van der Waals surface area contributed by atoms with Crippen molar-refractivity contribution in [1.29, 1.82) is 0 Å². The molecule has 0 aliphatic carbocycles. The van der Waals surface area contributed by atoms with Crippen molar-refractivity contribution in [3.63, 3.8) is 0 Å². The number of hydrogen-bond donors (Lipinski definition) is 3. The molecule has 0 bridgehead atoms. The molecule has 0 aliphatic heterocycles. The molecule has 26 heavy (non-hydrogen) atoms. The van der Waals surface area contributed by atoms with Gasteiger partial charge in [0.1, 0.15) is 0 Å². The van der Waals surface area contributed by atoms with E-state index in [4.69, 9.17) is 5.73 Å². The van der Waals surface area contributed by atoms with Crippen molar-refractivity contribution in [2.45, 2.75) is 39.3 Å². The second-order valence-corrected chi connectivity index (χ2v) is 6.72. The van der Waals surface area contributed by atoms with E-state index in [0.29, 0.717) is 36.7 Å². The Kier molecular flexibility index (Phi) is 7.35. The first-order chi connectivity index (χ1) is 12.5. The van der Waals surface area contributed by atoms with E-state index in [1.54, 1.807) is 36.8 Å². The van der Waals surface area contributed by atoms with Crippen LogP contribution in [0.3, 0.4) is 0 Å². The van der Waals surface area contributed by atoms with Crippen LogP contribution in [0, 0.1) is 5.92 Å². The average molecular weight is 357 g/mol. The Labute approximate surface area is 154 Å². The number of hydrogen-bond acceptors (Lipinski definition) is 4. The number of benzene rings is 1. The van der Waals surface area contributed by atoms with Crippen molar-refractivity contribution >= 4 is 17.5 Å². The van der Waals surface area contributed by atoms with Gasteiger partial charge in [-0.1, -0.05) is 19.9 Å². The predicted molar refractivity (Wildman–Crippen MR) is 102 cm³/mol. The van der Waals surface area contributed by atoms with Gasteiger partial charge in [-0.25, -0.2) is 4.98 Å². The lowest BCUT2D eigenvalue weighted by molar-refractivity contribution is -0.116. The second-order valence-electron chi connectivity index (χ2n) is 6.72. The number of amides is 2. The van der Waals surface area contributed by atoms with Crippen LogP contribution >= 0.6 is 0 Å². The highest BCUT2D eigenvalue weighted by molar-refractivity contribution is 5.97. The Bertz CT molecular complexity index is 712. The molecule has 1 aromatic heterocycles. The van der Waals surface area contributed by atoms with Crippen LogP contribution in [0.5, 0.6) is 0 Å². The van der Waals surface area contributed by atoms with Crippen LogP contribution in [-0.2, 0) is 11.3 Å². The molecule has 4 N–H and O–H groups in total. The minimum Gasteiger partial charge on any atom is -0.348 e. The summed E-state index contributed by atoms with van der Waals surface area (Å²) in [4.78, 5) is 28.4. The van der Waals surface area contributed by atoms with Gasteiger partial charge in [-0.2, -0.15) is 0 Å². The smallest absolute Gasteiger partial charge is 0.251 e. The lowest BCUT2D eigenvalue weighted by Gasteiger charge is -2.19. The number of imidazole rings is 1. The number of carbonyl (C=O) groups excluding carboxylic acids is 2. The summed E-state index contributed by atoms with van der Waals surface area (Å²) in [5.41, 5.74) is 6.84. The highest BCUT2D eigenvalue weighted by Crippen LogP contribution is 2.12. The summed E-state index contributed by atoms with van der Waals surface area (Å²) in [6.07, 6.45) is 6.31. The van der Waals surface area contributed by atoms with Crippen LogP contribution in [-0.4, -0.2) is 34.0 Å². The number of nitrogens with one attached hydrogen (secondary N) is 2. The van der Waals surface area contributed by atoms with E-state index in [0.717, 1.165) is 6.42 Å². The van der Waals surface area contributed by atoms with Crippen molar-refractivity contribution in [2.75, 3.05) is 11.9 Å². The van der Waals surface area contributed by atoms with Crippen molar-refractivity contribution in [1.82, 2.24) is 14.9 Å². The minimum absolute atomic E-state index is 0.0593. The number of carbonyl (C=O) groups is 2. The Hall–Kier alpha value is -2.67. The van der Waals surface area contributed by atoms with Gasteiger partial charge < -0.3 is 20.9 Å². The zero-order valence-corrected chi connectivity index (χ0v) is 15.3. The number of nitrogens with zero attached hydrogens (tertiary/aromatic N) is 2. The van der Waals surface area contributed by atoms with Gasteiger partial charge in [0.25, 0.3) is 5.91 Å². The molecule has 1 atom stereocenters. The molecule has 140 valence electrons. The summed E-state index contributed by atoms with van der Waals surface area (Å²) in [5, 5.41) is 5.77. The van der Waals surface area contributed by atoms with Crippen LogP contribution in [0.15, 0.2) is 43.0 Å². The van der Waals surface area contributed by atoms with Gasteiger partial charge in [-0.05, 0) is 30.5 Å². The largest absolute Gasteiger partial charge is 0.348 e. The van der Waals surface area contributed by atoms with Gasteiger partial charge in [0.15, 0.2) is 0 Å². The van der Waals surface area contributed by atoms with Crippen molar-refractivity contribution in [3.8, 4) is 0 Å². The van der Waals surface area contributed by atoms with Crippen LogP contribution in [0.25, 0.3) is 0 Å². The number of anilines is 1. The van der Waals surface area contributed by atoms with Crippen LogP contribution in [0.4, 0.5) is 5.69 Å². The molecule has 0 saturated carbocycles.